The Hall–Kier alpha value is -3.26. The fourth-order valence-electron chi connectivity index (χ4n) is 4.50. The van der Waals surface area contributed by atoms with Crippen LogP contribution < -0.4 is 10.6 Å². The number of rotatable bonds is 4. The SMILES string of the molecule is Cc1ccccc1[C@H]1CN(S(=O)(=O)c2ccc3c(c2)CCN3c2cccn2C)C(N)=N1. The molecule has 3 aromatic rings. The van der Waals surface area contributed by atoms with Gasteiger partial charge in [0.2, 0.25) is 5.96 Å². The molecule has 0 unspecified atom stereocenters. The highest BCUT2D eigenvalue weighted by molar-refractivity contribution is 7.89. The molecule has 31 heavy (non-hydrogen) atoms. The van der Waals surface area contributed by atoms with E-state index in [1.165, 1.54) is 4.31 Å². The first kappa shape index (κ1) is 19.7. The summed E-state index contributed by atoms with van der Waals surface area (Å²) >= 11 is 0. The molecule has 0 bridgehead atoms. The molecule has 1 aromatic heterocycles. The van der Waals surface area contributed by atoms with Crippen LogP contribution in [0.1, 0.15) is 22.7 Å². The molecule has 0 saturated carbocycles. The van der Waals surface area contributed by atoms with Gasteiger partial charge in [0.1, 0.15) is 5.82 Å². The van der Waals surface area contributed by atoms with E-state index in [-0.39, 0.29) is 23.4 Å². The summed E-state index contributed by atoms with van der Waals surface area (Å²) in [7, 11) is -1.78. The van der Waals surface area contributed by atoms with Crippen molar-refractivity contribution in [3.8, 4) is 0 Å². The first-order valence-electron chi connectivity index (χ1n) is 10.3. The van der Waals surface area contributed by atoms with E-state index < -0.39 is 10.0 Å². The van der Waals surface area contributed by atoms with Crippen molar-refractivity contribution in [2.75, 3.05) is 18.0 Å². The minimum absolute atomic E-state index is 0.0409. The van der Waals surface area contributed by atoms with Crippen molar-refractivity contribution in [2.24, 2.45) is 17.8 Å². The first-order valence-corrected chi connectivity index (χ1v) is 11.7. The van der Waals surface area contributed by atoms with E-state index >= 15 is 0 Å². The lowest BCUT2D eigenvalue weighted by atomic mass is 10.0. The second kappa shape index (κ2) is 7.16. The lowest BCUT2D eigenvalue weighted by molar-refractivity contribution is 0.518. The van der Waals surface area contributed by atoms with Gasteiger partial charge in [-0.2, -0.15) is 0 Å². The zero-order valence-electron chi connectivity index (χ0n) is 17.6. The zero-order valence-corrected chi connectivity index (χ0v) is 18.4. The molecule has 3 heterocycles. The van der Waals surface area contributed by atoms with Crippen LogP contribution in [0.15, 0.2) is 70.7 Å². The van der Waals surface area contributed by atoms with Gasteiger partial charge >= 0.3 is 0 Å². The second-order valence-corrected chi connectivity index (χ2v) is 9.93. The summed E-state index contributed by atoms with van der Waals surface area (Å²) < 4.78 is 30.1. The van der Waals surface area contributed by atoms with Gasteiger partial charge in [-0.25, -0.2) is 17.7 Å². The smallest absolute Gasteiger partial charge is 0.266 e. The second-order valence-electron chi connectivity index (χ2n) is 8.07. The molecule has 0 saturated heterocycles. The number of fused-ring (bicyclic) bond motifs is 1. The third kappa shape index (κ3) is 3.18. The molecular formula is C23H25N5O2S. The summed E-state index contributed by atoms with van der Waals surface area (Å²) in [4.78, 5) is 6.92. The van der Waals surface area contributed by atoms with E-state index in [4.69, 9.17) is 5.73 Å². The van der Waals surface area contributed by atoms with Crippen molar-refractivity contribution in [3.63, 3.8) is 0 Å². The largest absolute Gasteiger partial charge is 0.369 e. The highest BCUT2D eigenvalue weighted by atomic mass is 32.2. The predicted molar refractivity (Wildman–Crippen MR) is 122 cm³/mol. The summed E-state index contributed by atoms with van der Waals surface area (Å²) in [6.07, 6.45) is 2.80. The standard InChI is InChI=1S/C23H25N5O2S/c1-16-6-3-4-7-19(16)20-15-28(23(24)25-20)31(29,30)18-9-10-21-17(14-18)11-13-27(21)22-8-5-12-26(22)2/h3-10,12,14,20H,11,13,15H2,1-2H3,(H2,24,25)/t20-/m1/s1. The van der Waals surface area contributed by atoms with Gasteiger partial charge in [-0.15, -0.1) is 0 Å². The van der Waals surface area contributed by atoms with Gasteiger partial charge in [0.25, 0.3) is 10.0 Å². The van der Waals surface area contributed by atoms with Crippen LogP contribution in [0.3, 0.4) is 0 Å². The van der Waals surface area contributed by atoms with Crippen LogP contribution in [0.5, 0.6) is 0 Å². The van der Waals surface area contributed by atoms with Crippen LogP contribution in [0, 0.1) is 6.92 Å². The maximum atomic E-state index is 13.4. The molecule has 2 aromatic carbocycles. The van der Waals surface area contributed by atoms with Crippen LogP contribution in [0.4, 0.5) is 11.5 Å². The van der Waals surface area contributed by atoms with E-state index in [9.17, 15) is 8.42 Å². The summed E-state index contributed by atoms with van der Waals surface area (Å²) in [6, 6.07) is 17.0. The third-order valence-corrected chi connectivity index (χ3v) is 7.92. The summed E-state index contributed by atoms with van der Waals surface area (Å²) in [6.45, 7) is 3.03. The summed E-state index contributed by atoms with van der Waals surface area (Å²) in [5.41, 5.74) is 10.2. The van der Waals surface area contributed by atoms with Crippen molar-refractivity contribution in [1.29, 1.82) is 0 Å². The Balaban J connectivity index is 1.44. The molecule has 5 rings (SSSR count). The Morgan fingerprint density at radius 1 is 1.10 bits per heavy atom. The maximum Gasteiger partial charge on any atom is 0.266 e. The molecule has 8 heteroatoms. The normalized spacial score (nSPS) is 18.4. The summed E-state index contributed by atoms with van der Waals surface area (Å²) in [5, 5.41) is 0. The van der Waals surface area contributed by atoms with Crippen LogP contribution in [-0.4, -0.2) is 36.3 Å². The lowest BCUT2D eigenvalue weighted by Crippen LogP contribution is -2.39. The Bertz CT molecular complexity index is 1290. The van der Waals surface area contributed by atoms with Crippen LogP contribution >= 0.6 is 0 Å². The maximum absolute atomic E-state index is 13.4. The number of guanidine groups is 1. The average molecular weight is 436 g/mol. The molecule has 1 atom stereocenters. The van der Waals surface area contributed by atoms with Crippen molar-refractivity contribution in [3.05, 3.63) is 77.5 Å². The van der Waals surface area contributed by atoms with Crippen LogP contribution in [0.2, 0.25) is 0 Å². The molecule has 0 spiro atoms. The Morgan fingerprint density at radius 2 is 1.90 bits per heavy atom. The Labute approximate surface area is 182 Å². The van der Waals surface area contributed by atoms with E-state index in [1.807, 2.05) is 56.6 Å². The molecule has 2 N–H and O–H groups in total. The molecule has 7 nitrogen and oxygen atoms in total. The zero-order chi connectivity index (χ0) is 21.8. The topological polar surface area (TPSA) is 83.9 Å². The van der Waals surface area contributed by atoms with Crippen LogP contribution in [-0.2, 0) is 23.5 Å². The Morgan fingerprint density at radius 3 is 2.65 bits per heavy atom. The molecule has 0 amide bonds. The van der Waals surface area contributed by atoms with Gasteiger partial charge in [0, 0.05) is 25.5 Å². The van der Waals surface area contributed by atoms with Gasteiger partial charge in [0.05, 0.1) is 17.5 Å². The fraction of sp³-hybridized carbons (Fsp3) is 0.261. The number of hydrogen-bond donors (Lipinski definition) is 1. The van der Waals surface area contributed by atoms with Crippen molar-refractivity contribution < 1.29 is 8.42 Å². The monoisotopic (exact) mass is 435 g/mol. The highest BCUT2D eigenvalue weighted by Gasteiger charge is 2.36. The van der Waals surface area contributed by atoms with Gasteiger partial charge in [-0.1, -0.05) is 24.3 Å². The number of sulfonamides is 1. The molecule has 160 valence electrons. The van der Waals surface area contributed by atoms with E-state index in [0.29, 0.717) is 0 Å². The third-order valence-electron chi connectivity index (χ3n) is 6.16. The lowest BCUT2D eigenvalue weighted by Gasteiger charge is -2.22. The Kier molecular flexibility index (Phi) is 4.55. The van der Waals surface area contributed by atoms with E-state index in [1.54, 1.807) is 12.1 Å². The number of aryl methyl sites for hydroxylation is 2. The minimum atomic E-state index is -3.79. The highest BCUT2D eigenvalue weighted by Crippen LogP contribution is 2.37. The molecular weight excluding hydrogens is 410 g/mol. The average Bonchev–Trinajstić information content (AvgIpc) is 3.46. The van der Waals surface area contributed by atoms with Crippen molar-refractivity contribution >= 4 is 27.5 Å². The van der Waals surface area contributed by atoms with Crippen molar-refractivity contribution in [1.82, 2.24) is 8.87 Å². The van der Waals surface area contributed by atoms with E-state index in [2.05, 4.69) is 20.5 Å². The van der Waals surface area contributed by atoms with Gasteiger partial charge in [0.15, 0.2) is 0 Å². The number of aliphatic imine (C=N–C) groups is 1. The van der Waals surface area contributed by atoms with Gasteiger partial charge in [-0.05, 0) is 60.4 Å². The fourth-order valence-corrected chi connectivity index (χ4v) is 5.92. The predicted octanol–water partition coefficient (Wildman–Crippen LogP) is 3.09. The number of hydrogen-bond acceptors (Lipinski definition) is 5. The van der Waals surface area contributed by atoms with E-state index in [0.717, 1.165) is 41.2 Å². The van der Waals surface area contributed by atoms with Crippen LogP contribution in [0.25, 0.3) is 0 Å². The number of anilines is 2. The number of nitrogens with two attached hydrogens (primary N) is 1. The summed E-state index contributed by atoms with van der Waals surface area (Å²) in [5.74, 6) is 1.13. The molecule has 2 aliphatic heterocycles. The van der Waals surface area contributed by atoms with Gasteiger partial charge in [-0.3, -0.25) is 0 Å². The quantitative estimate of drug-likeness (QED) is 0.683. The number of aromatic nitrogens is 1. The van der Waals surface area contributed by atoms with Crippen molar-refractivity contribution in [2.45, 2.75) is 24.3 Å². The van der Waals surface area contributed by atoms with Gasteiger partial charge < -0.3 is 15.2 Å². The number of benzene rings is 2. The molecule has 0 fully saturated rings. The number of nitrogens with zero attached hydrogens (tertiary/aromatic N) is 4. The molecule has 2 aliphatic rings. The minimum Gasteiger partial charge on any atom is -0.369 e. The molecule has 0 aliphatic carbocycles. The molecule has 0 radical (unpaired) electrons. The first-order chi connectivity index (χ1) is 14.9.